The summed E-state index contributed by atoms with van der Waals surface area (Å²) in [5.74, 6) is 0. The summed E-state index contributed by atoms with van der Waals surface area (Å²) in [4.78, 5) is 2.50. The molecule has 1 heterocycles. The van der Waals surface area contributed by atoms with Crippen molar-refractivity contribution in [2.24, 2.45) is 0 Å². The maximum absolute atomic E-state index is 2.50. The van der Waals surface area contributed by atoms with E-state index in [1.165, 1.54) is 104 Å². The summed E-state index contributed by atoms with van der Waals surface area (Å²) in [6.07, 6.45) is 0. The van der Waals surface area contributed by atoms with E-state index >= 15 is 0 Å². The average molecular weight is 710 g/mol. The molecule has 0 bridgehead atoms. The quantitative estimate of drug-likeness (QED) is 0.176. The summed E-state index contributed by atoms with van der Waals surface area (Å²) in [6.45, 7) is 9.49. The Morgan fingerprint density at radius 2 is 0.870 bits per heavy atom. The second kappa shape index (κ2) is 11.3. The summed E-state index contributed by atoms with van der Waals surface area (Å²) in [5, 5.41) is 5.24. The van der Waals surface area contributed by atoms with Gasteiger partial charge in [-0.2, -0.15) is 0 Å². The molecule has 0 fully saturated rings. The minimum atomic E-state index is -0.0951. The van der Waals surface area contributed by atoms with Gasteiger partial charge >= 0.3 is 0 Å². The van der Waals surface area contributed by atoms with Crippen LogP contribution in [0.4, 0.5) is 17.1 Å². The first-order valence-corrected chi connectivity index (χ1v) is 19.8. The van der Waals surface area contributed by atoms with E-state index in [-0.39, 0.29) is 10.8 Å². The first-order valence-electron chi connectivity index (χ1n) is 19.0. The Kier molecular flexibility index (Phi) is 6.59. The fourth-order valence-corrected chi connectivity index (χ4v) is 10.9. The van der Waals surface area contributed by atoms with Gasteiger partial charge in [-0.15, -0.1) is 11.3 Å². The maximum Gasteiger partial charge on any atom is 0.0476 e. The molecule has 2 heteroatoms. The van der Waals surface area contributed by atoms with Gasteiger partial charge < -0.3 is 4.90 Å². The lowest BCUT2D eigenvalue weighted by Gasteiger charge is -2.29. The van der Waals surface area contributed by atoms with Crippen LogP contribution in [0.2, 0.25) is 0 Å². The highest BCUT2D eigenvalue weighted by Crippen LogP contribution is 2.53. The largest absolute Gasteiger partial charge is 0.310 e. The molecule has 0 saturated carbocycles. The van der Waals surface area contributed by atoms with Gasteiger partial charge in [-0.1, -0.05) is 149 Å². The van der Waals surface area contributed by atoms with Crippen LogP contribution in [0.5, 0.6) is 0 Å². The summed E-state index contributed by atoms with van der Waals surface area (Å²) in [6, 6.07) is 61.4. The smallest absolute Gasteiger partial charge is 0.0476 e. The zero-order valence-electron chi connectivity index (χ0n) is 30.9. The van der Waals surface area contributed by atoms with Crippen LogP contribution in [0.3, 0.4) is 0 Å². The monoisotopic (exact) mass is 709 g/mol. The van der Waals surface area contributed by atoms with Crippen LogP contribution in [0.25, 0.3) is 64.3 Å². The number of rotatable bonds is 4. The van der Waals surface area contributed by atoms with Gasteiger partial charge in [-0.25, -0.2) is 0 Å². The molecule has 54 heavy (non-hydrogen) atoms. The summed E-state index contributed by atoms with van der Waals surface area (Å²) in [7, 11) is 0. The minimum Gasteiger partial charge on any atom is -0.310 e. The molecule has 8 aromatic carbocycles. The molecule has 0 saturated heterocycles. The minimum absolute atomic E-state index is 0.0951. The zero-order chi connectivity index (χ0) is 36.3. The van der Waals surface area contributed by atoms with Crippen molar-refractivity contribution in [1.29, 1.82) is 0 Å². The van der Waals surface area contributed by atoms with Crippen LogP contribution in [-0.4, -0.2) is 0 Å². The molecular formula is C52H39NS. The van der Waals surface area contributed by atoms with E-state index in [2.05, 4.69) is 196 Å². The van der Waals surface area contributed by atoms with Crippen molar-refractivity contribution < 1.29 is 0 Å². The Morgan fingerprint density at radius 1 is 0.370 bits per heavy atom. The summed E-state index contributed by atoms with van der Waals surface area (Å²) >= 11 is 1.91. The molecule has 0 unspecified atom stereocenters. The Morgan fingerprint density at radius 3 is 1.50 bits per heavy atom. The SMILES string of the molecule is CC1(C)c2ccccc2-c2ccc(N(c3ccc4c(c3)C(C)(C)c3ccccc3-4)c3ccc4c(c3)sc3c5ccccc5c(-c5ccccc5)cc43)cc21. The molecule has 0 N–H and O–H groups in total. The van der Waals surface area contributed by atoms with E-state index in [1.54, 1.807) is 0 Å². The van der Waals surface area contributed by atoms with Crippen molar-refractivity contribution in [1.82, 2.24) is 0 Å². The number of hydrogen-bond donors (Lipinski definition) is 0. The summed E-state index contributed by atoms with van der Waals surface area (Å²) < 4.78 is 2.64. The predicted octanol–water partition coefficient (Wildman–Crippen LogP) is 15.0. The molecule has 0 radical (unpaired) electrons. The van der Waals surface area contributed by atoms with Crippen molar-refractivity contribution >= 4 is 59.3 Å². The lowest BCUT2D eigenvalue weighted by Crippen LogP contribution is -2.18. The molecule has 2 aliphatic carbocycles. The van der Waals surface area contributed by atoms with E-state index in [0.29, 0.717) is 0 Å². The highest BCUT2D eigenvalue weighted by molar-refractivity contribution is 7.26. The van der Waals surface area contributed by atoms with Crippen LogP contribution >= 0.6 is 11.3 Å². The number of benzene rings is 8. The van der Waals surface area contributed by atoms with Crippen molar-refractivity contribution in [2.75, 3.05) is 4.90 Å². The molecule has 0 atom stereocenters. The van der Waals surface area contributed by atoms with E-state index in [0.717, 1.165) is 0 Å². The first kappa shape index (κ1) is 31.6. The topological polar surface area (TPSA) is 3.24 Å². The van der Waals surface area contributed by atoms with Gasteiger partial charge in [0.05, 0.1) is 0 Å². The number of fused-ring (bicyclic) bond motifs is 11. The van der Waals surface area contributed by atoms with Crippen molar-refractivity contribution in [3.63, 3.8) is 0 Å². The number of hydrogen-bond acceptors (Lipinski definition) is 2. The second-order valence-electron chi connectivity index (χ2n) is 16.1. The standard InChI is InChI=1S/C52H39NS/c1-51(2)45-20-12-10-17-37(45)39-25-22-33(28-47(39)51)53(34-23-26-40-38-18-11-13-21-46(38)52(3,4)48(40)29-34)35-24-27-41-44-31-43(32-14-6-5-7-15-32)36-16-8-9-19-42(36)50(44)54-49(41)30-35/h5-31H,1-4H3. The maximum atomic E-state index is 2.50. The third-order valence-electron chi connectivity index (χ3n) is 12.5. The molecule has 258 valence electrons. The van der Waals surface area contributed by atoms with Gasteiger partial charge in [0.15, 0.2) is 0 Å². The van der Waals surface area contributed by atoms with Gasteiger partial charge in [0, 0.05) is 53.5 Å². The third-order valence-corrected chi connectivity index (χ3v) is 13.7. The fraction of sp³-hybridized carbons (Fsp3) is 0.115. The van der Waals surface area contributed by atoms with Gasteiger partial charge in [0.25, 0.3) is 0 Å². The molecule has 9 aromatic rings. The van der Waals surface area contributed by atoms with Gasteiger partial charge in [0.1, 0.15) is 0 Å². The third kappa shape index (κ3) is 4.38. The van der Waals surface area contributed by atoms with Crippen LogP contribution < -0.4 is 4.90 Å². The van der Waals surface area contributed by atoms with Crippen LogP contribution in [0.15, 0.2) is 164 Å². The van der Waals surface area contributed by atoms with Crippen molar-refractivity contribution in [3.05, 3.63) is 186 Å². The lowest BCUT2D eigenvalue weighted by molar-refractivity contribution is 0.660. The molecule has 0 aliphatic heterocycles. The molecule has 1 nitrogen and oxygen atoms in total. The molecule has 11 rings (SSSR count). The number of nitrogens with zero attached hydrogens (tertiary/aromatic N) is 1. The Labute approximate surface area is 320 Å². The van der Waals surface area contributed by atoms with Crippen molar-refractivity contribution in [2.45, 2.75) is 38.5 Å². The highest BCUT2D eigenvalue weighted by Gasteiger charge is 2.37. The average Bonchev–Trinajstić information content (AvgIpc) is 3.77. The fourth-order valence-electron chi connectivity index (χ4n) is 9.69. The van der Waals surface area contributed by atoms with E-state index in [1.807, 2.05) is 11.3 Å². The molecule has 0 amide bonds. The zero-order valence-corrected chi connectivity index (χ0v) is 31.8. The van der Waals surface area contributed by atoms with Crippen LogP contribution in [0, 0.1) is 0 Å². The van der Waals surface area contributed by atoms with E-state index in [4.69, 9.17) is 0 Å². The van der Waals surface area contributed by atoms with E-state index < -0.39 is 0 Å². The van der Waals surface area contributed by atoms with Gasteiger partial charge in [0.2, 0.25) is 0 Å². The van der Waals surface area contributed by atoms with Gasteiger partial charge in [-0.05, 0) is 103 Å². The number of thiophene rings is 1. The highest BCUT2D eigenvalue weighted by atomic mass is 32.1. The molecule has 0 spiro atoms. The van der Waals surface area contributed by atoms with Crippen LogP contribution in [-0.2, 0) is 10.8 Å². The molecule has 2 aliphatic rings. The molecular weight excluding hydrogens is 671 g/mol. The summed E-state index contributed by atoms with van der Waals surface area (Å²) in [5.41, 5.74) is 16.8. The Hall–Kier alpha value is -5.96. The number of anilines is 3. The lowest BCUT2D eigenvalue weighted by atomic mass is 9.82. The van der Waals surface area contributed by atoms with Crippen LogP contribution in [0.1, 0.15) is 49.9 Å². The van der Waals surface area contributed by atoms with Gasteiger partial charge in [-0.3, -0.25) is 0 Å². The predicted molar refractivity (Wildman–Crippen MR) is 232 cm³/mol. The normalized spacial score (nSPS) is 14.6. The second-order valence-corrected chi connectivity index (χ2v) is 17.2. The first-order chi connectivity index (χ1) is 26.3. The molecule has 1 aromatic heterocycles. The Bertz CT molecular complexity index is 2890. The van der Waals surface area contributed by atoms with E-state index in [9.17, 15) is 0 Å². The van der Waals surface area contributed by atoms with Crippen molar-refractivity contribution in [3.8, 4) is 33.4 Å². The Balaban J connectivity index is 1.13.